The standard InChI is InChI=1S/C20H31NO4/c1-19-7-3-4-14(19)12-6-5-11-8-16(22)13(18(23)24)9-20(11,2)17(12)15(10-19)21-25/h11-17,22H,3-10H2,1-2H3,(H,23,24)/t11?,12-,13?,14-,15?,16?,17-,19-,20-/m0/s1. The van der Waals surface area contributed by atoms with Crippen molar-refractivity contribution in [1.29, 1.82) is 0 Å². The highest BCUT2D eigenvalue weighted by Gasteiger charge is 2.63. The van der Waals surface area contributed by atoms with E-state index in [1.165, 1.54) is 19.3 Å². The van der Waals surface area contributed by atoms with Crippen LogP contribution in [0.2, 0.25) is 0 Å². The number of aliphatic carboxylic acids is 1. The van der Waals surface area contributed by atoms with E-state index in [4.69, 9.17) is 0 Å². The second-order valence-corrected chi connectivity index (χ2v) is 9.95. The molecule has 140 valence electrons. The van der Waals surface area contributed by atoms with Crippen molar-refractivity contribution in [3.05, 3.63) is 4.91 Å². The molecule has 0 spiro atoms. The molecule has 5 nitrogen and oxygen atoms in total. The monoisotopic (exact) mass is 349 g/mol. The van der Waals surface area contributed by atoms with E-state index in [0.717, 1.165) is 19.3 Å². The van der Waals surface area contributed by atoms with Gasteiger partial charge in [-0.05, 0) is 79.4 Å². The van der Waals surface area contributed by atoms with E-state index in [-0.39, 0.29) is 22.8 Å². The molecule has 4 rings (SSSR count). The maximum absolute atomic E-state index is 11.8. The molecule has 9 atom stereocenters. The predicted molar refractivity (Wildman–Crippen MR) is 93.8 cm³/mol. The number of carboxylic acid groups (broad SMARTS) is 1. The lowest BCUT2D eigenvalue weighted by Gasteiger charge is -2.62. The Kier molecular flexibility index (Phi) is 4.02. The summed E-state index contributed by atoms with van der Waals surface area (Å²) in [6.45, 7) is 4.55. The number of aliphatic hydroxyl groups is 1. The lowest BCUT2D eigenvalue weighted by atomic mass is 9.43. The van der Waals surface area contributed by atoms with Gasteiger partial charge in [0.1, 0.15) is 0 Å². The Balaban J connectivity index is 1.72. The first-order valence-corrected chi connectivity index (χ1v) is 10.0. The van der Waals surface area contributed by atoms with Crippen LogP contribution in [0, 0.1) is 45.3 Å². The first kappa shape index (κ1) is 17.4. The molecule has 0 saturated heterocycles. The van der Waals surface area contributed by atoms with Gasteiger partial charge in [0, 0.05) is 0 Å². The first-order valence-electron chi connectivity index (χ1n) is 10.0. The minimum absolute atomic E-state index is 0.187. The van der Waals surface area contributed by atoms with Gasteiger partial charge in [0.05, 0.1) is 18.1 Å². The van der Waals surface area contributed by atoms with Crippen LogP contribution in [-0.4, -0.2) is 28.3 Å². The summed E-state index contributed by atoms with van der Waals surface area (Å²) in [6.07, 6.45) is 7.02. The van der Waals surface area contributed by atoms with Gasteiger partial charge in [0.25, 0.3) is 0 Å². The molecule has 4 aliphatic rings. The number of hydrogen-bond donors (Lipinski definition) is 2. The number of nitrogens with zero attached hydrogens (tertiary/aromatic N) is 1. The van der Waals surface area contributed by atoms with Gasteiger partial charge in [-0.15, -0.1) is 0 Å². The Hall–Kier alpha value is -0.970. The smallest absolute Gasteiger partial charge is 0.309 e. The Bertz CT molecular complexity index is 580. The third-order valence-electron chi connectivity index (χ3n) is 8.87. The van der Waals surface area contributed by atoms with E-state index in [2.05, 4.69) is 19.0 Å². The number of carboxylic acids is 1. The normalized spacial score (nSPS) is 54.9. The summed E-state index contributed by atoms with van der Waals surface area (Å²) in [4.78, 5) is 23.5. The zero-order chi connectivity index (χ0) is 18.0. The zero-order valence-electron chi connectivity index (χ0n) is 15.4. The van der Waals surface area contributed by atoms with Crippen molar-refractivity contribution in [2.45, 2.75) is 77.4 Å². The topological polar surface area (TPSA) is 87.0 Å². The average molecular weight is 349 g/mol. The third kappa shape index (κ3) is 2.41. The molecule has 4 saturated carbocycles. The van der Waals surface area contributed by atoms with Gasteiger partial charge in [0.2, 0.25) is 0 Å². The summed E-state index contributed by atoms with van der Waals surface area (Å²) in [6, 6.07) is -0.193. The number of hydrogen-bond acceptors (Lipinski definition) is 4. The Morgan fingerprint density at radius 3 is 2.60 bits per heavy atom. The largest absolute Gasteiger partial charge is 0.481 e. The van der Waals surface area contributed by atoms with Gasteiger partial charge < -0.3 is 10.2 Å². The minimum atomic E-state index is -0.897. The van der Waals surface area contributed by atoms with E-state index in [1.807, 2.05) is 0 Å². The van der Waals surface area contributed by atoms with E-state index < -0.39 is 18.0 Å². The van der Waals surface area contributed by atoms with Crippen molar-refractivity contribution in [1.82, 2.24) is 0 Å². The molecule has 5 heteroatoms. The van der Waals surface area contributed by atoms with E-state index in [0.29, 0.717) is 30.6 Å². The van der Waals surface area contributed by atoms with Crippen molar-refractivity contribution >= 4 is 5.97 Å². The fourth-order valence-corrected chi connectivity index (χ4v) is 7.80. The van der Waals surface area contributed by atoms with E-state index in [1.54, 1.807) is 0 Å². The van der Waals surface area contributed by atoms with Gasteiger partial charge in [-0.3, -0.25) is 4.79 Å². The van der Waals surface area contributed by atoms with Crippen LogP contribution in [0.25, 0.3) is 0 Å². The van der Waals surface area contributed by atoms with Crippen molar-refractivity contribution in [2.75, 3.05) is 0 Å². The fraction of sp³-hybridized carbons (Fsp3) is 0.950. The summed E-state index contributed by atoms with van der Waals surface area (Å²) < 4.78 is 0. The van der Waals surface area contributed by atoms with Crippen LogP contribution in [0.15, 0.2) is 5.18 Å². The SMILES string of the molecule is C[C@@]12CCC[C@H]1[C@@H]1CCC3CC(O)C(C(=O)O)C[C@]3(C)[C@@H]1C(N=O)C2. The molecule has 4 aliphatic carbocycles. The first-order chi connectivity index (χ1) is 11.8. The molecule has 0 heterocycles. The summed E-state index contributed by atoms with van der Waals surface area (Å²) in [5.74, 6) is 0.0533. The summed E-state index contributed by atoms with van der Waals surface area (Å²) in [5, 5.41) is 23.5. The highest BCUT2D eigenvalue weighted by Crippen LogP contribution is 2.67. The van der Waals surface area contributed by atoms with Gasteiger partial charge in [-0.2, -0.15) is 4.91 Å². The van der Waals surface area contributed by atoms with E-state index >= 15 is 0 Å². The summed E-state index contributed by atoms with van der Waals surface area (Å²) in [7, 11) is 0. The lowest BCUT2D eigenvalue weighted by molar-refractivity contribution is -0.169. The Morgan fingerprint density at radius 2 is 1.92 bits per heavy atom. The fourth-order valence-electron chi connectivity index (χ4n) is 7.80. The number of fused-ring (bicyclic) bond motifs is 5. The van der Waals surface area contributed by atoms with Gasteiger partial charge in [-0.1, -0.05) is 25.4 Å². The molecule has 0 bridgehead atoms. The van der Waals surface area contributed by atoms with Crippen LogP contribution >= 0.6 is 0 Å². The van der Waals surface area contributed by atoms with Crippen LogP contribution < -0.4 is 0 Å². The molecule has 4 unspecified atom stereocenters. The summed E-state index contributed by atoms with van der Waals surface area (Å²) in [5.41, 5.74) is 0.0526. The predicted octanol–water partition coefficient (Wildman–Crippen LogP) is 3.84. The van der Waals surface area contributed by atoms with E-state index in [9.17, 15) is 19.9 Å². The maximum Gasteiger partial charge on any atom is 0.309 e. The Morgan fingerprint density at radius 1 is 1.16 bits per heavy atom. The van der Waals surface area contributed by atoms with Gasteiger partial charge >= 0.3 is 5.97 Å². The molecule has 0 radical (unpaired) electrons. The van der Waals surface area contributed by atoms with Crippen LogP contribution in [-0.2, 0) is 4.79 Å². The zero-order valence-corrected chi connectivity index (χ0v) is 15.4. The van der Waals surface area contributed by atoms with Gasteiger partial charge in [0.15, 0.2) is 0 Å². The lowest BCUT2D eigenvalue weighted by Crippen LogP contribution is -2.59. The highest BCUT2D eigenvalue weighted by atomic mass is 16.4. The number of carbonyl (C=O) groups is 1. The highest BCUT2D eigenvalue weighted by molar-refractivity contribution is 5.71. The summed E-state index contributed by atoms with van der Waals surface area (Å²) >= 11 is 0. The number of rotatable bonds is 2. The third-order valence-corrected chi connectivity index (χ3v) is 8.87. The van der Waals surface area contributed by atoms with Crippen molar-refractivity contribution < 1.29 is 15.0 Å². The van der Waals surface area contributed by atoms with Crippen LogP contribution in [0.1, 0.15) is 65.2 Å². The van der Waals surface area contributed by atoms with Crippen molar-refractivity contribution in [3.63, 3.8) is 0 Å². The van der Waals surface area contributed by atoms with Crippen LogP contribution in [0.3, 0.4) is 0 Å². The molecule has 0 aromatic carbocycles. The Labute approximate surface area is 149 Å². The van der Waals surface area contributed by atoms with Crippen molar-refractivity contribution in [2.24, 2.45) is 45.6 Å². The minimum Gasteiger partial charge on any atom is -0.481 e. The molecular weight excluding hydrogens is 318 g/mol. The van der Waals surface area contributed by atoms with Crippen molar-refractivity contribution in [3.8, 4) is 0 Å². The second kappa shape index (κ2) is 5.77. The molecule has 0 aliphatic heterocycles. The van der Waals surface area contributed by atoms with Crippen LogP contribution in [0.5, 0.6) is 0 Å². The number of aliphatic hydroxyl groups excluding tert-OH is 1. The molecular formula is C20H31NO4. The molecule has 0 aromatic heterocycles. The number of nitroso groups, excluding NO2 is 1. The van der Waals surface area contributed by atoms with Crippen LogP contribution in [0.4, 0.5) is 0 Å². The molecule has 4 fully saturated rings. The molecule has 0 amide bonds. The quantitative estimate of drug-likeness (QED) is 0.742. The molecule has 2 N–H and O–H groups in total. The molecule has 25 heavy (non-hydrogen) atoms. The van der Waals surface area contributed by atoms with Gasteiger partial charge in [-0.25, -0.2) is 0 Å². The average Bonchev–Trinajstić information content (AvgIpc) is 2.95. The molecule has 0 aromatic rings. The second-order valence-electron chi connectivity index (χ2n) is 9.95. The maximum atomic E-state index is 11.8.